The molecule has 0 aliphatic rings. The Labute approximate surface area is 133 Å². The first-order valence-electron chi connectivity index (χ1n) is 6.52. The molecule has 0 aliphatic carbocycles. The van der Waals surface area contributed by atoms with Gasteiger partial charge in [0.15, 0.2) is 6.61 Å². The zero-order chi connectivity index (χ0) is 16.9. The zero-order valence-electron chi connectivity index (χ0n) is 11.9. The molecule has 0 radical (unpaired) electrons. The van der Waals surface area contributed by atoms with Crippen LogP contribution in [-0.4, -0.2) is 26.9 Å². The summed E-state index contributed by atoms with van der Waals surface area (Å²) in [4.78, 5) is 22.4. The number of nitrogens with two attached hydrogens (primary N) is 1. The minimum Gasteiger partial charge on any atom is -0.452 e. The van der Waals surface area contributed by atoms with Crippen LogP contribution in [0.4, 0.5) is 5.69 Å². The molecular formula is C15H14N2O5S. The van der Waals surface area contributed by atoms with Gasteiger partial charge in [-0.1, -0.05) is 24.3 Å². The van der Waals surface area contributed by atoms with Gasteiger partial charge in [-0.25, -0.2) is 13.2 Å². The Hall–Kier alpha value is -2.87. The highest BCUT2D eigenvalue weighted by Crippen LogP contribution is 2.17. The first-order valence-corrected chi connectivity index (χ1v) is 8.00. The number of anilines is 1. The van der Waals surface area contributed by atoms with Gasteiger partial charge in [-0.3, -0.25) is 9.52 Å². The van der Waals surface area contributed by atoms with Crippen LogP contribution in [-0.2, 0) is 19.6 Å². The number of esters is 1. The highest BCUT2D eigenvalue weighted by atomic mass is 32.2. The van der Waals surface area contributed by atoms with Crippen LogP contribution < -0.4 is 10.5 Å². The van der Waals surface area contributed by atoms with E-state index in [0.29, 0.717) is 0 Å². The van der Waals surface area contributed by atoms with E-state index in [4.69, 9.17) is 5.73 Å². The van der Waals surface area contributed by atoms with Crippen LogP contribution in [0.15, 0.2) is 59.5 Å². The number of ether oxygens (including phenoxy) is 1. The molecule has 0 unspecified atom stereocenters. The van der Waals surface area contributed by atoms with E-state index in [9.17, 15) is 18.0 Å². The average molecular weight is 334 g/mol. The SMILES string of the molecule is NC(=O)COC(=O)c1cccc(NS(=O)(=O)c2ccccc2)c1. The van der Waals surface area contributed by atoms with Gasteiger partial charge in [0.05, 0.1) is 10.5 Å². The van der Waals surface area contributed by atoms with Crippen LogP contribution in [0, 0.1) is 0 Å². The minimum absolute atomic E-state index is 0.0968. The number of amides is 1. The number of carbonyl (C=O) groups excluding carboxylic acids is 2. The van der Waals surface area contributed by atoms with Gasteiger partial charge in [0.25, 0.3) is 15.9 Å². The van der Waals surface area contributed by atoms with E-state index in [-0.39, 0.29) is 16.1 Å². The van der Waals surface area contributed by atoms with E-state index in [1.165, 1.54) is 36.4 Å². The van der Waals surface area contributed by atoms with Gasteiger partial charge in [0.2, 0.25) is 0 Å². The predicted molar refractivity (Wildman–Crippen MR) is 83.2 cm³/mol. The summed E-state index contributed by atoms with van der Waals surface area (Å²) < 4.78 is 31.5. The molecule has 23 heavy (non-hydrogen) atoms. The first-order chi connectivity index (χ1) is 10.9. The quantitative estimate of drug-likeness (QED) is 0.768. The van der Waals surface area contributed by atoms with Crippen LogP contribution >= 0.6 is 0 Å². The number of benzene rings is 2. The maximum Gasteiger partial charge on any atom is 0.338 e. The molecule has 2 aromatic carbocycles. The Morgan fingerprint density at radius 3 is 2.39 bits per heavy atom. The van der Waals surface area contributed by atoms with Crippen molar-refractivity contribution in [1.82, 2.24) is 0 Å². The molecule has 0 saturated heterocycles. The van der Waals surface area contributed by atoms with Crippen molar-refractivity contribution in [3.05, 3.63) is 60.2 Å². The van der Waals surface area contributed by atoms with Crippen LogP contribution in [0.25, 0.3) is 0 Å². The van der Waals surface area contributed by atoms with Crippen LogP contribution in [0.1, 0.15) is 10.4 Å². The average Bonchev–Trinajstić information content (AvgIpc) is 2.53. The van der Waals surface area contributed by atoms with Gasteiger partial charge < -0.3 is 10.5 Å². The predicted octanol–water partition coefficient (Wildman–Crippen LogP) is 1.13. The number of hydrogen-bond acceptors (Lipinski definition) is 5. The van der Waals surface area contributed by atoms with E-state index >= 15 is 0 Å². The molecule has 0 bridgehead atoms. The third kappa shape index (κ3) is 4.55. The summed E-state index contributed by atoms with van der Waals surface area (Å²) in [5.41, 5.74) is 5.18. The van der Waals surface area contributed by atoms with Crippen molar-refractivity contribution in [1.29, 1.82) is 0 Å². The third-order valence-electron chi connectivity index (χ3n) is 2.75. The highest BCUT2D eigenvalue weighted by molar-refractivity contribution is 7.92. The summed E-state index contributed by atoms with van der Waals surface area (Å²) in [5.74, 6) is -1.55. The van der Waals surface area contributed by atoms with Gasteiger partial charge in [0, 0.05) is 5.69 Å². The van der Waals surface area contributed by atoms with Crippen LogP contribution in [0.5, 0.6) is 0 Å². The van der Waals surface area contributed by atoms with Crippen molar-refractivity contribution >= 4 is 27.6 Å². The lowest BCUT2D eigenvalue weighted by Gasteiger charge is -2.09. The highest BCUT2D eigenvalue weighted by Gasteiger charge is 2.15. The summed E-state index contributed by atoms with van der Waals surface area (Å²) >= 11 is 0. The van der Waals surface area contributed by atoms with E-state index in [2.05, 4.69) is 9.46 Å². The van der Waals surface area contributed by atoms with Gasteiger partial charge in [-0.05, 0) is 30.3 Å². The molecule has 3 N–H and O–H groups in total. The van der Waals surface area contributed by atoms with Crippen molar-refractivity contribution in [2.75, 3.05) is 11.3 Å². The number of primary amides is 1. The molecule has 0 aliphatic heterocycles. The zero-order valence-corrected chi connectivity index (χ0v) is 12.7. The summed E-state index contributed by atoms with van der Waals surface area (Å²) in [5, 5.41) is 0. The van der Waals surface area contributed by atoms with E-state index in [0.717, 1.165) is 0 Å². The molecule has 120 valence electrons. The molecule has 0 heterocycles. The van der Waals surface area contributed by atoms with Crippen molar-refractivity contribution in [3.63, 3.8) is 0 Å². The monoisotopic (exact) mass is 334 g/mol. The molecule has 7 nitrogen and oxygen atoms in total. The smallest absolute Gasteiger partial charge is 0.338 e. The lowest BCUT2D eigenvalue weighted by Crippen LogP contribution is -2.21. The molecule has 0 fully saturated rings. The second-order valence-electron chi connectivity index (χ2n) is 4.54. The number of sulfonamides is 1. The second-order valence-corrected chi connectivity index (χ2v) is 6.22. The number of nitrogens with one attached hydrogen (secondary N) is 1. The molecule has 2 aromatic rings. The van der Waals surface area contributed by atoms with Crippen molar-refractivity contribution < 1.29 is 22.7 Å². The largest absolute Gasteiger partial charge is 0.452 e. The standard InChI is InChI=1S/C15H14N2O5S/c16-14(18)10-22-15(19)11-5-4-6-12(9-11)17-23(20,21)13-7-2-1-3-8-13/h1-9,17H,10H2,(H2,16,18). The number of hydrogen-bond donors (Lipinski definition) is 2. The van der Waals surface area contributed by atoms with Gasteiger partial charge >= 0.3 is 5.97 Å². The van der Waals surface area contributed by atoms with Crippen molar-refractivity contribution in [2.24, 2.45) is 5.73 Å². The third-order valence-corrected chi connectivity index (χ3v) is 4.15. The normalized spacial score (nSPS) is 10.8. The number of carbonyl (C=O) groups is 2. The van der Waals surface area contributed by atoms with Crippen LogP contribution in [0.2, 0.25) is 0 Å². The fraction of sp³-hybridized carbons (Fsp3) is 0.0667. The summed E-state index contributed by atoms with van der Waals surface area (Å²) in [6, 6.07) is 13.5. The van der Waals surface area contributed by atoms with Crippen molar-refractivity contribution in [2.45, 2.75) is 4.90 Å². The van der Waals surface area contributed by atoms with E-state index in [1.54, 1.807) is 18.2 Å². The van der Waals surface area contributed by atoms with E-state index in [1.807, 2.05) is 0 Å². The van der Waals surface area contributed by atoms with Gasteiger partial charge in [-0.15, -0.1) is 0 Å². The lowest BCUT2D eigenvalue weighted by atomic mass is 10.2. The molecular weight excluding hydrogens is 320 g/mol. The molecule has 0 aromatic heterocycles. The fourth-order valence-electron chi connectivity index (χ4n) is 1.74. The molecule has 1 amide bonds. The van der Waals surface area contributed by atoms with Gasteiger partial charge in [0.1, 0.15) is 0 Å². The topological polar surface area (TPSA) is 116 Å². The molecule has 2 rings (SSSR count). The lowest BCUT2D eigenvalue weighted by molar-refractivity contribution is -0.121. The molecule has 8 heteroatoms. The summed E-state index contributed by atoms with van der Waals surface area (Å²) in [7, 11) is -3.76. The summed E-state index contributed by atoms with van der Waals surface area (Å²) in [6.45, 7) is -0.543. The molecule has 0 spiro atoms. The van der Waals surface area contributed by atoms with Gasteiger partial charge in [-0.2, -0.15) is 0 Å². The first kappa shape index (κ1) is 16.5. The molecule has 0 atom stereocenters. The second kappa shape index (κ2) is 6.93. The Morgan fingerprint density at radius 2 is 1.74 bits per heavy atom. The van der Waals surface area contributed by atoms with Crippen molar-refractivity contribution in [3.8, 4) is 0 Å². The maximum atomic E-state index is 12.2. The van der Waals surface area contributed by atoms with Crippen LogP contribution in [0.3, 0.4) is 0 Å². The summed E-state index contributed by atoms with van der Waals surface area (Å²) in [6.07, 6.45) is 0. The Morgan fingerprint density at radius 1 is 1.04 bits per heavy atom. The minimum atomic E-state index is -3.76. The Kier molecular flexibility index (Phi) is 4.97. The number of rotatable bonds is 6. The fourth-order valence-corrected chi connectivity index (χ4v) is 2.81. The maximum absolute atomic E-state index is 12.2. The Balaban J connectivity index is 2.17. The Bertz CT molecular complexity index is 819. The molecule has 0 saturated carbocycles. The van der Waals surface area contributed by atoms with E-state index < -0.39 is 28.5 Å².